The number of amides is 1. The molecule has 1 aliphatic heterocycles. The normalized spacial score (nSPS) is 16.2. The van der Waals surface area contributed by atoms with Gasteiger partial charge in [0.15, 0.2) is 11.5 Å². The maximum Gasteiger partial charge on any atom is 0.290 e. The Bertz CT molecular complexity index is 1260. The van der Waals surface area contributed by atoms with Gasteiger partial charge in [-0.1, -0.05) is 47.8 Å². The summed E-state index contributed by atoms with van der Waals surface area (Å²) in [5.41, 5.74) is 1.29. The van der Waals surface area contributed by atoms with Crippen molar-refractivity contribution < 1.29 is 23.8 Å². The summed E-state index contributed by atoms with van der Waals surface area (Å²) in [5, 5.41) is 11.6. The predicted octanol–water partition coefficient (Wildman–Crippen LogP) is 6.75. The molecule has 0 aliphatic carbocycles. The number of nitrogens with zero attached hydrogens (tertiary/aromatic N) is 1. The number of aliphatic hydroxyl groups excluding tert-OH is 1. The second-order valence-corrected chi connectivity index (χ2v) is 9.65. The number of rotatable bonds is 9. The van der Waals surface area contributed by atoms with Crippen molar-refractivity contribution in [3.8, 4) is 5.75 Å². The van der Waals surface area contributed by atoms with Gasteiger partial charge in [-0.25, -0.2) is 0 Å². The fraction of sp³-hybridized carbons (Fsp3) is 0.333. The summed E-state index contributed by atoms with van der Waals surface area (Å²) >= 11 is 3.42. The summed E-state index contributed by atoms with van der Waals surface area (Å²) in [6.45, 7) is 6.38. The number of aliphatic hydroxyl groups is 1. The number of hydrogen-bond acceptors (Lipinski definition) is 5. The van der Waals surface area contributed by atoms with E-state index in [-0.39, 0.29) is 17.4 Å². The number of unbranched alkanes of at least 4 members (excludes halogenated alkanes) is 2. The molecular formula is C27H28BrNO5. The van der Waals surface area contributed by atoms with Crippen LogP contribution in [0.2, 0.25) is 0 Å². The van der Waals surface area contributed by atoms with Gasteiger partial charge in [-0.2, -0.15) is 0 Å². The van der Waals surface area contributed by atoms with Crippen molar-refractivity contribution in [1.29, 1.82) is 0 Å². The highest BCUT2D eigenvalue weighted by Crippen LogP contribution is 2.40. The average molecular weight is 526 g/mol. The zero-order valence-electron chi connectivity index (χ0n) is 19.5. The van der Waals surface area contributed by atoms with Crippen molar-refractivity contribution in [3.63, 3.8) is 0 Å². The van der Waals surface area contributed by atoms with Gasteiger partial charge in [-0.05, 0) is 62.2 Å². The Morgan fingerprint density at radius 1 is 1.18 bits per heavy atom. The first-order chi connectivity index (χ1) is 16.3. The summed E-state index contributed by atoms with van der Waals surface area (Å²) < 4.78 is 12.5. The van der Waals surface area contributed by atoms with E-state index >= 15 is 0 Å². The highest BCUT2D eigenvalue weighted by atomic mass is 79.9. The van der Waals surface area contributed by atoms with Crippen LogP contribution >= 0.6 is 15.9 Å². The zero-order valence-corrected chi connectivity index (χ0v) is 21.1. The highest BCUT2D eigenvalue weighted by molar-refractivity contribution is 9.10. The Balaban J connectivity index is 1.77. The second-order valence-electron chi connectivity index (χ2n) is 8.73. The van der Waals surface area contributed by atoms with E-state index in [0.29, 0.717) is 23.4 Å². The molecule has 4 rings (SSSR count). The van der Waals surface area contributed by atoms with Gasteiger partial charge in [0, 0.05) is 16.4 Å². The molecule has 0 fully saturated rings. The Morgan fingerprint density at radius 2 is 1.97 bits per heavy atom. The van der Waals surface area contributed by atoms with Gasteiger partial charge in [0.2, 0.25) is 5.78 Å². The van der Waals surface area contributed by atoms with Gasteiger partial charge >= 0.3 is 0 Å². The third kappa shape index (κ3) is 4.75. The van der Waals surface area contributed by atoms with Crippen molar-refractivity contribution >= 4 is 38.6 Å². The van der Waals surface area contributed by atoms with Crippen LogP contribution in [-0.2, 0) is 4.79 Å². The lowest BCUT2D eigenvalue weighted by atomic mass is 9.94. The van der Waals surface area contributed by atoms with E-state index in [0.717, 1.165) is 29.1 Å². The smallest absolute Gasteiger partial charge is 0.290 e. The number of ether oxygens (including phenoxy) is 1. The number of fused-ring (bicyclic) bond motifs is 1. The minimum atomic E-state index is -0.729. The lowest BCUT2D eigenvalue weighted by Crippen LogP contribution is -2.32. The lowest BCUT2D eigenvalue weighted by molar-refractivity contribution is -0.129. The summed E-state index contributed by atoms with van der Waals surface area (Å²) in [6, 6.07) is 13.7. The lowest BCUT2D eigenvalue weighted by Gasteiger charge is -2.27. The summed E-state index contributed by atoms with van der Waals surface area (Å²) in [6.07, 6.45) is 2.68. The molecule has 6 nitrogen and oxygen atoms in total. The van der Waals surface area contributed by atoms with E-state index in [2.05, 4.69) is 22.9 Å². The maximum absolute atomic E-state index is 13.6. The molecule has 3 aromatic rings. The number of ketones is 1. The van der Waals surface area contributed by atoms with Gasteiger partial charge in [-0.15, -0.1) is 0 Å². The fourth-order valence-electron chi connectivity index (χ4n) is 4.28. The minimum Gasteiger partial charge on any atom is -0.503 e. The molecule has 2 heterocycles. The van der Waals surface area contributed by atoms with Crippen LogP contribution < -0.4 is 4.74 Å². The van der Waals surface area contributed by atoms with Crippen LogP contribution in [0.5, 0.6) is 5.75 Å². The summed E-state index contributed by atoms with van der Waals surface area (Å²) in [4.78, 5) is 28.3. The van der Waals surface area contributed by atoms with Gasteiger partial charge in [0.1, 0.15) is 11.3 Å². The Kier molecular flexibility index (Phi) is 7.12. The maximum atomic E-state index is 13.6. The molecular weight excluding hydrogens is 498 g/mol. The molecule has 0 saturated carbocycles. The Labute approximate surface area is 207 Å². The van der Waals surface area contributed by atoms with E-state index in [1.54, 1.807) is 17.0 Å². The SMILES string of the molecule is CCCCCN1C(=O)C(O)=C(C(=O)c2cc3cc(Br)ccc3o2)C1c1cccc(OC(C)C)c1. The first kappa shape index (κ1) is 24.1. The molecule has 1 atom stereocenters. The fourth-order valence-corrected chi connectivity index (χ4v) is 4.66. The van der Waals surface area contributed by atoms with Crippen LogP contribution in [0.3, 0.4) is 0 Å². The van der Waals surface area contributed by atoms with Crippen molar-refractivity contribution in [1.82, 2.24) is 4.90 Å². The van der Waals surface area contributed by atoms with Crippen LogP contribution in [0.1, 0.15) is 62.2 Å². The van der Waals surface area contributed by atoms with E-state index in [1.807, 2.05) is 50.2 Å². The summed E-state index contributed by atoms with van der Waals surface area (Å²) in [7, 11) is 0. The zero-order chi connectivity index (χ0) is 24.4. The summed E-state index contributed by atoms with van der Waals surface area (Å²) in [5.74, 6) is -0.851. The molecule has 0 radical (unpaired) electrons. The molecule has 34 heavy (non-hydrogen) atoms. The monoisotopic (exact) mass is 525 g/mol. The molecule has 1 aromatic heterocycles. The van der Waals surface area contributed by atoms with Gasteiger partial charge < -0.3 is 19.2 Å². The first-order valence-corrected chi connectivity index (χ1v) is 12.3. The molecule has 0 spiro atoms. The number of carbonyl (C=O) groups excluding carboxylic acids is 2. The third-order valence-electron chi connectivity index (χ3n) is 5.80. The minimum absolute atomic E-state index is 0.0268. The van der Waals surface area contributed by atoms with Gasteiger partial charge in [0.25, 0.3) is 5.91 Å². The highest BCUT2D eigenvalue weighted by Gasteiger charge is 2.44. The number of hydrogen-bond donors (Lipinski definition) is 1. The van der Waals surface area contributed by atoms with E-state index in [1.165, 1.54) is 0 Å². The molecule has 1 aliphatic rings. The van der Waals surface area contributed by atoms with Crippen molar-refractivity contribution in [3.05, 3.63) is 75.7 Å². The van der Waals surface area contributed by atoms with Gasteiger partial charge in [0.05, 0.1) is 17.7 Å². The van der Waals surface area contributed by atoms with Crippen LogP contribution in [0.4, 0.5) is 0 Å². The van der Waals surface area contributed by atoms with Crippen molar-refractivity contribution in [2.75, 3.05) is 6.54 Å². The second kappa shape index (κ2) is 10.1. The molecule has 1 N–H and O–H groups in total. The topological polar surface area (TPSA) is 80.0 Å². The van der Waals surface area contributed by atoms with E-state index in [4.69, 9.17) is 9.15 Å². The van der Waals surface area contributed by atoms with Crippen LogP contribution in [0.15, 0.2) is 68.8 Å². The Morgan fingerprint density at radius 3 is 2.71 bits per heavy atom. The van der Waals surface area contributed by atoms with Crippen LogP contribution in [0, 0.1) is 0 Å². The standard InChI is InChI=1S/C27H28BrNO5/c1-4-5-6-12-29-24(17-8-7-9-20(14-17)33-16(2)3)23(26(31)27(29)32)25(30)22-15-18-13-19(28)10-11-21(18)34-22/h7-11,13-16,24,31H,4-6,12H2,1-3H3. The van der Waals surface area contributed by atoms with E-state index < -0.39 is 23.5 Å². The molecule has 0 saturated heterocycles. The average Bonchev–Trinajstić information content (AvgIpc) is 3.32. The third-order valence-corrected chi connectivity index (χ3v) is 6.29. The molecule has 0 bridgehead atoms. The van der Waals surface area contributed by atoms with E-state index in [9.17, 15) is 14.7 Å². The predicted molar refractivity (Wildman–Crippen MR) is 134 cm³/mol. The van der Waals surface area contributed by atoms with Gasteiger partial charge in [-0.3, -0.25) is 9.59 Å². The van der Waals surface area contributed by atoms with Crippen molar-refractivity contribution in [2.45, 2.75) is 52.2 Å². The van der Waals surface area contributed by atoms with Crippen molar-refractivity contribution in [2.24, 2.45) is 0 Å². The number of furan rings is 1. The molecule has 178 valence electrons. The Hall–Kier alpha value is -3.06. The molecule has 2 aromatic carbocycles. The number of Topliss-reactive ketones (excluding diaryl/α,β-unsaturated/α-hetero) is 1. The van der Waals surface area contributed by atoms with Crippen LogP contribution in [0.25, 0.3) is 11.0 Å². The molecule has 7 heteroatoms. The number of benzene rings is 2. The molecule has 1 amide bonds. The molecule has 1 unspecified atom stereocenters. The largest absolute Gasteiger partial charge is 0.503 e. The first-order valence-electron chi connectivity index (χ1n) is 11.5. The number of halogens is 1. The quantitative estimate of drug-likeness (QED) is 0.247. The number of carbonyl (C=O) groups is 2. The van der Waals surface area contributed by atoms with Crippen LogP contribution in [-0.4, -0.2) is 34.3 Å².